The smallest absolute Gasteiger partial charge is 0.324 e. The first kappa shape index (κ1) is 9.93. The van der Waals surface area contributed by atoms with Crippen LogP contribution in [0.3, 0.4) is 0 Å². The van der Waals surface area contributed by atoms with E-state index in [0.717, 1.165) is 19.4 Å². The Morgan fingerprint density at radius 2 is 2.21 bits per heavy atom. The number of aliphatic carboxylic acids is 1. The number of carbonyl (C=O) groups is 1. The Morgan fingerprint density at radius 3 is 2.79 bits per heavy atom. The van der Waals surface area contributed by atoms with E-state index in [1.165, 1.54) is 0 Å². The Bertz CT molecular complexity index is 277. The minimum Gasteiger partial charge on any atom is -0.480 e. The molecule has 2 fully saturated rings. The molecule has 1 aliphatic heterocycles. The van der Waals surface area contributed by atoms with Crippen LogP contribution in [-0.4, -0.2) is 29.3 Å². The molecule has 1 aliphatic carbocycles. The van der Waals surface area contributed by atoms with Gasteiger partial charge in [-0.05, 0) is 12.8 Å². The predicted octanol–water partition coefficient (Wildman–Crippen LogP) is 0.603. The molecule has 0 spiro atoms. The van der Waals surface area contributed by atoms with Crippen LogP contribution < -0.4 is 5.73 Å². The summed E-state index contributed by atoms with van der Waals surface area (Å²) in [7, 11) is 0. The maximum Gasteiger partial charge on any atom is 0.324 e. The molecule has 80 valence electrons. The van der Waals surface area contributed by atoms with E-state index in [0.29, 0.717) is 0 Å². The highest BCUT2D eigenvalue weighted by molar-refractivity contribution is 5.82. The van der Waals surface area contributed by atoms with Gasteiger partial charge in [0, 0.05) is 17.9 Å². The molecule has 0 bridgehead atoms. The van der Waals surface area contributed by atoms with E-state index >= 15 is 0 Å². The molecule has 0 unspecified atom stereocenters. The van der Waals surface area contributed by atoms with Gasteiger partial charge >= 0.3 is 5.97 Å². The fraction of sp³-hybridized carbons (Fsp3) is 0.900. The number of ether oxygens (including phenoxy) is 1. The Morgan fingerprint density at radius 1 is 1.57 bits per heavy atom. The maximum atomic E-state index is 11.2. The summed E-state index contributed by atoms with van der Waals surface area (Å²) in [5, 5.41) is 9.19. The molecular weight excluding hydrogens is 182 g/mol. The summed E-state index contributed by atoms with van der Waals surface area (Å²) in [6.45, 7) is 4.50. The molecule has 0 aromatic heterocycles. The van der Waals surface area contributed by atoms with Crippen molar-refractivity contribution in [2.75, 3.05) is 6.61 Å². The van der Waals surface area contributed by atoms with Crippen LogP contribution in [0.5, 0.6) is 0 Å². The van der Waals surface area contributed by atoms with Crippen molar-refractivity contribution in [3.63, 3.8) is 0 Å². The molecule has 1 saturated heterocycles. The van der Waals surface area contributed by atoms with Gasteiger partial charge in [-0.25, -0.2) is 0 Å². The van der Waals surface area contributed by atoms with E-state index in [4.69, 9.17) is 10.5 Å². The fourth-order valence-corrected chi connectivity index (χ4v) is 3.01. The third-order valence-electron chi connectivity index (χ3n) is 4.04. The van der Waals surface area contributed by atoms with Gasteiger partial charge in [-0.1, -0.05) is 13.8 Å². The van der Waals surface area contributed by atoms with Crippen molar-refractivity contribution in [2.45, 2.75) is 38.3 Å². The summed E-state index contributed by atoms with van der Waals surface area (Å²) in [4.78, 5) is 11.2. The fourth-order valence-electron chi connectivity index (χ4n) is 3.01. The van der Waals surface area contributed by atoms with Crippen LogP contribution in [0.25, 0.3) is 0 Å². The van der Waals surface area contributed by atoms with Crippen molar-refractivity contribution in [1.82, 2.24) is 0 Å². The molecular formula is C10H17NO3. The van der Waals surface area contributed by atoms with E-state index in [9.17, 15) is 9.90 Å². The summed E-state index contributed by atoms with van der Waals surface area (Å²) in [6.07, 6.45) is 1.82. The average molecular weight is 199 g/mol. The SMILES string of the molecule is CC1(C)[C@@H]2OCCC[C@@H]2[C@]1(N)C(=O)O. The lowest BCUT2D eigenvalue weighted by Crippen LogP contribution is -2.80. The summed E-state index contributed by atoms with van der Waals surface area (Å²) >= 11 is 0. The van der Waals surface area contributed by atoms with Crippen LogP contribution in [0, 0.1) is 11.3 Å². The van der Waals surface area contributed by atoms with Gasteiger partial charge in [0.05, 0.1) is 6.10 Å². The number of nitrogens with two attached hydrogens (primary N) is 1. The molecule has 2 aliphatic rings. The number of rotatable bonds is 1. The second kappa shape index (κ2) is 2.70. The zero-order valence-electron chi connectivity index (χ0n) is 8.62. The molecule has 1 saturated carbocycles. The van der Waals surface area contributed by atoms with Crippen LogP contribution in [0.2, 0.25) is 0 Å². The first-order valence-corrected chi connectivity index (χ1v) is 5.06. The summed E-state index contributed by atoms with van der Waals surface area (Å²) < 4.78 is 5.59. The lowest BCUT2D eigenvalue weighted by Gasteiger charge is -2.63. The Labute approximate surface area is 83.4 Å². The van der Waals surface area contributed by atoms with Crippen LogP contribution in [0.15, 0.2) is 0 Å². The number of carboxylic acids is 1. The standard InChI is InChI=1S/C10H17NO3/c1-9(2)7-6(4-3-5-14-7)10(9,11)8(12)13/h6-7H,3-5,11H2,1-2H3,(H,12,13)/t6-,7+,10-/m0/s1. The van der Waals surface area contributed by atoms with E-state index in [1.54, 1.807) is 0 Å². The van der Waals surface area contributed by atoms with Gasteiger partial charge in [0.1, 0.15) is 5.54 Å². The third-order valence-corrected chi connectivity index (χ3v) is 4.04. The highest BCUT2D eigenvalue weighted by atomic mass is 16.5. The average Bonchev–Trinajstić information content (AvgIpc) is 2.16. The Kier molecular flexibility index (Phi) is 1.92. The molecule has 4 nitrogen and oxygen atoms in total. The van der Waals surface area contributed by atoms with Gasteiger partial charge in [0.2, 0.25) is 0 Å². The van der Waals surface area contributed by atoms with Gasteiger partial charge < -0.3 is 15.6 Å². The minimum atomic E-state index is -1.10. The molecule has 3 N–H and O–H groups in total. The largest absolute Gasteiger partial charge is 0.480 e. The van der Waals surface area contributed by atoms with Gasteiger partial charge in [-0.15, -0.1) is 0 Å². The lowest BCUT2D eigenvalue weighted by atomic mass is 9.46. The van der Waals surface area contributed by atoms with Crippen molar-refractivity contribution in [3.05, 3.63) is 0 Å². The second-order valence-corrected chi connectivity index (χ2v) is 4.94. The van der Waals surface area contributed by atoms with E-state index in [-0.39, 0.29) is 12.0 Å². The zero-order chi connectivity index (χ0) is 10.6. The number of hydrogen-bond donors (Lipinski definition) is 2. The maximum absolute atomic E-state index is 11.2. The van der Waals surface area contributed by atoms with Crippen molar-refractivity contribution >= 4 is 5.97 Å². The number of carboxylic acid groups (broad SMARTS) is 1. The molecule has 2 rings (SSSR count). The Hall–Kier alpha value is -0.610. The summed E-state index contributed by atoms with van der Waals surface area (Å²) in [6, 6.07) is 0. The molecule has 14 heavy (non-hydrogen) atoms. The highest BCUT2D eigenvalue weighted by Gasteiger charge is 2.70. The predicted molar refractivity (Wildman–Crippen MR) is 50.8 cm³/mol. The monoisotopic (exact) mass is 199 g/mol. The van der Waals surface area contributed by atoms with Crippen molar-refractivity contribution < 1.29 is 14.6 Å². The number of fused-ring (bicyclic) bond motifs is 1. The van der Waals surface area contributed by atoms with Gasteiger partial charge in [0.25, 0.3) is 0 Å². The molecule has 0 aromatic rings. The summed E-state index contributed by atoms with van der Waals surface area (Å²) in [5.74, 6) is -0.905. The molecule has 0 radical (unpaired) electrons. The van der Waals surface area contributed by atoms with E-state index in [1.807, 2.05) is 13.8 Å². The lowest BCUT2D eigenvalue weighted by molar-refractivity contribution is -0.233. The molecule has 0 aromatic carbocycles. The van der Waals surface area contributed by atoms with Crippen molar-refractivity contribution in [3.8, 4) is 0 Å². The van der Waals surface area contributed by atoms with Gasteiger partial charge in [0.15, 0.2) is 0 Å². The van der Waals surface area contributed by atoms with E-state index in [2.05, 4.69) is 0 Å². The zero-order valence-corrected chi connectivity index (χ0v) is 8.62. The normalized spacial score (nSPS) is 45.1. The molecule has 1 heterocycles. The molecule has 0 amide bonds. The minimum absolute atomic E-state index is 0.0104. The van der Waals surface area contributed by atoms with Crippen molar-refractivity contribution in [1.29, 1.82) is 0 Å². The highest BCUT2D eigenvalue weighted by Crippen LogP contribution is 2.57. The quantitative estimate of drug-likeness (QED) is 0.648. The molecule has 3 atom stereocenters. The van der Waals surface area contributed by atoms with Crippen LogP contribution in [-0.2, 0) is 9.53 Å². The van der Waals surface area contributed by atoms with Gasteiger partial charge in [-0.3, -0.25) is 4.79 Å². The summed E-state index contributed by atoms with van der Waals surface area (Å²) in [5.41, 5.74) is 4.44. The van der Waals surface area contributed by atoms with Gasteiger partial charge in [-0.2, -0.15) is 0 Å². The van der Waals surface area contributed by atoms with E-state index < -0.39 is 16.9 Å². The van der Waals surface area contributed by atoms with Crippen LogP contribution in [0.1, 0.15) is 26.7 Å². The Balaban J connectivity index is 2.30. The number of hydrogen-bond acceptors (Lipinski definition) is 3. The first-order chi connectivity index (χ1) is 6.42. The first-order valence-electron chi connectivity index (χ1n) is 5.06. The molecule has 4 heteroatoms. The third kappa shape index (κ3) is 0.880. The van der Waals surface area contributed by atoms with Crippen LogP contribution in [0.4, 0.5) is 0 Å². The van der Waals surface area contributed by atoms with Crippen molar-refractivity contribution in [2.24, 2.45) is 17.1 Å². The topological polar surface area (TPSA) is 72.5 Å². The van der Waals surface area contributed by atoms with Crippen LogP contribution >= 0.6 is 0 Å². The second-order valence-electron chi connectivity index (χ2n) is 4.94.